The SMILES string of the molecule is CC(=O)Nc1ccc2c(C)c(C)c(O)nc2n1. The Balaban J connectivity index is 2.62. The second-order valence-corrected chi connectivity index (χ2v) is 3.93. The van der Waals surface area contributed by atoms with Crippen molar-refractivity contribution in [2.24, 2.45) is 0 Å². The monoisotopic (exact) mass is 231 g/mol. The molecule has 5 nitrogen and oxygen atoms in total. The van der Waals surface area contributed by atoms with Crippen molar-refractivity contribution >= 4 is 22.8 Å². The zero-order valence-electron chi connectivity index (χ0n) is 9.90. The number of fused-ring (bicyclic) bond motifs is 1. The van der Waals surface area contributed by atoms with E-state index in [-0.39, 0.29) is 11.8 Å². The minimum Gasteiger partial charge on any atom is -0.493 e. The molecule has 0 bridgehead atoms. The molecule has 2 N–H and O–H groups in total. The van der Waals surface area contributed by atoms with Crippen LogP contribution in [0.4, 0.5) is 5.82 Å². The smallest absolute Gasteiger partial charge is 0.222 e. The predicted octanol–water partition coefficient (Wildman–Crippen LogP) is 1.91. The Labute approximate surface area is 98.5 Å². The lowest BCUT2D eigenvalue weighted by Crippen LogP contribution is -2.07. The molecule has 0 saturated carbocycles. The van der Waals surface area contributed by atoms with Crippen LogP contribution < -0.4 is 5.32 Å². The summed E-state index contributed by atoms with van der Waals surface area (Å²) in [6.07, 6.45) is 0. The number of hydrogen-bond acceptors (Lipinski definition) is 4. The van der Waals surface area contributed by atoms with E-state index in [2.05, 4.69) is 15.3 Å². The van der Waals surface area contributed by atoms with Crippen molar-refractivity contribution in [2.75, 3.05) is 5.32 Å². The molecule has 0 saturated heterocycles. The molecule has 2 aromatic heterocycles. The maximum Gasteiger partial charge on any atom is 0.222 e. The van der Waals surface area contributed by atoms with Crippen LogP contribution in [0.5, 0.6) is 5.88 Å². The molecule has 0 atom stereocenters. The van der Waals surface area contributed by atoms with Gasteiger partial charge < -0.3 is 10.4 Å². The van der Waals surface area contributed by atoms with Gasteiger partial charge in [-0.15, -0.1) is 0 Å². The van der Waals surface area contributed by atoms with Gasteiger partial charge in [-0.05, 0) is 31.5 Å². The number of nitrogens with one attached hydrogen (secondary N) is 1. The van der Waals surface area contributed by atoms with Crippen LogP contribution in [-0.4, -0.2) is 21.0 Å². The molecule has 0 spiro atoms. The average molecular weight is 231 g/mol. The van der Waals surface area contributed by atoms with Crippen LogP contribution in [0.25, 0.3) is 11.0 Å². The summed E-state index contributed by atoms with van der Waals surface area (Å²) in [5, 5.41) is 13.1. The number of pyridine rings is 2. The average Bonchev–Trinajstić information content (AvgIpc) is 2.25. The van der Waals surface area contributed by atoms with E-state index in [1.807, 2.05) is 13.0 Å². The molecular formula is C12H13N3O2. The van der Waals surface area contributed by atoms with Gasteiger partial charge in [-0.1, -0.05) is 0 Å². The van der Waals surface area contributed by atoms with Gasteiger partial charge in [0, 0.05) is 17.9 Å². The summed E-state index contributed by atoms with van der Waals surface area (Å²) in [7, 11) is 0. The van der Waals surface area contributed by atoms with E-state index in [9.17, 15) is 9.90 Å². The van der Waals surface area contributed by atoms with Gasteiger partial charge in [0.1, 0.15) is 5.82 Å². The van der Waals surface area contributed by atoms with Crippen molar-refractivity contribution in [1.82, 2.24) is 9.97 Å². The number of amides is 1. The van der Waals surface area contributed by atoms with E-state index >= 15 is 0 Å². The van der Waals surface area contributed by atoms with E-state index in [0.29, 0.717) is 11.5 Å². The number of nitrogens with zero attached hydrogens (tertiary/aromatic N) is 2. The van der Waals surface area contributed by atoms with Crippen molar-refractivity contribution < 1.29 is 9.90 Å². The highest BCUT2D eigenvalue weighted by atomic mass is 16.3. The van der Waals surface area contributed by atoms with Crippen molar-refractivity contribution in [3.05, 3.63) is 23.3 Å². The molecule has 0 aromatic carbocycles. The minimum absolute atomic E-state index is 0.0255. The number of aryl methyl sites for hydroxylation is 1. The van der Waals surface area contributed by atoms with Crippen LogP contribution in [0.2, 0.25) is 0 Å². The predicted molar refractivity (Wildman–Crippen MR) is 65.0 cm³/mol. The first kappa shape index (κ1) is 11.3. The molecule has 0 unspecified atom stereocenters. The van der Waals surface area contributed by atoms with Gasteiger partial charge >= 0.3 is 0 Å². The third-order valence-corrected chi connectivity index (χ3v) is 2.69. The summed E-state index contributed by atoms with van der Waals surface area (Å²) < 4.78 is 0. The van der Waals surface area contributed by atoms with E-state index in [1.165, 1.54) is 6.92 Å². The molecule has 0 radical (unpaired) electrons. The van der Waals surface area contributed by atoms with Crippen LogP contribution in [0.1, 0.15) is 18.1 Å². The highest BCUT2D eigenvalue weighted by molar-refractivity contribution is 5.90. The standard InChI is InChI=1S/C12H13N3O2/c1-6-7(2)12(17)15-11-9(6)4-5-10(14-11)13-8(3)16/h4-5H,1-3H3,(H2,13,14,15,16,17). The third-order valence-electron chi connectivity index (χ3n) is 2.69. The van der Waals surface area contributed by atoms with E-state index in [0.717, 1.165) is 16.5 Å². The first-order valence-corrected chi connectivity index (χ1v) is 5.23. The van der Waals surface area contributed by atoms with Gasteiger partial charge in [-0.3, -0.25) is 4.79 Å². The van der Waals surface area contributed by atoms with Crippen LogP contribution >= 0.6 is 0 Å². The number of rotatable bonds is 1. The van der Waals surface area contributed by atoms with Crippen LogP contribution in [-0.2, 0) is 4.79 Å². The number of aromatic nitrogens is 2. The number of carbonyl (C=O) groups is 1. The van der Waals surface area contributed by atoms with Crippen molar-refractivity contribution in [1.29, 1.82) is 0 Å². The van der Waals surface area contributed by atoms with Gasteiger partial charge in [0.25, 0.3) is 0 Å². The minimum atomic E-state index is -0.190. The fourth-order valence-corrected chi connectivity index (χ4v) is 1.63. The van der Waals surface area contributed by atoms with Crippen molar-refractivity contribution in [2.45, 2.75) is 20.8 Å². The number of anilines is 1. The van der Waals surface area contributed by atoms with Crippen LogP contribution in [0.3, 0.4) is 0 Å². The van der Waals surface area contributed by atoms with Gasteiger partial charge in [0.2, 0.25) is 11.8 Å². The normalized spacial score (nSPS) is 10.5. The molecule has 0 aliphatic heterocycles. The second kappa shape index (κ2) is 4.01. The largest absolute Gasteiger partial charge is 0.493 e. The summed E-state index contributed by atoms with van der Waals surface area (Å²) in [6, 6.07) is 3.55. The molecule has 0 fully saturated rings. The van der Waals surface area contributed by atoms with Gasteiger partial charge in [-0.2, -0.15) is 4.98 Å². The summed E-state index contributed by atoms with van der Waals surface area (Å²) >= 11 is 0. The molecule has 2 heterocycles. The highest BCUT2D eigenvalue weighted by Crippen LogP contribution is 2.25. The van der Waals surface area contributed by atoms with E-state index in [4.69, 9.17) is 0 Å². The van der Waals surface area contributed by atoms with E-state index in [1.54, 1.807) is 13.0 Å². The van der Waals surface area contributed by atoms with E-state index < -0.39 is 0 Å². The molecule has 2 rings (SSSR count). The summed E-state index contributed by atoms with van der Waals surface area (Å²) in [4.78, 5) is 19.1. The fourth-order valence-electron chi connectivity index (χ4n) is 1.63. The molecule has 0 aliphatic carbocycles. The number of carbonyl (C=O) groups excluding carboxylic acids is 1. The second-order valence-electron chi connectivity index (χ2n) is 3.93. The molecule has 88 valence electrons. The van der Waals surface area contributed by atoms with Crippen molar-refractivity contribution in [3.63, 3.8) is 0 Å². The zero-order valence-corrected chi connectivity index (χ0v) is 9.90. The molecular weight excluding hydrogens is 218 g/mol. The lowest BCUT2D eigenvalue weighted by molar-refractivity contribution is -0.114. The maximum atomic E-state index is 10.9. The van der Waals surface area contributed by atoms with Gasteiger partial charge in [0.05, 0.1) is 0 Å². The summed E-state index contributed by atoms with van der Waals surface area (Å²) in [5.74, 6) is 0.215. The summed E-state index contributed by atoms with van der Waals surface area (Å²) in [5.41, 5.74) is 2.11. The van der Waals surface area contributed by atoms with Crippen LogP contribution in [0.15, 0.2) is 12.1 Å². The Morgan fingerprint density at radius 2 is 1.94 bits per heavy atom. The molecule has 17 heavy (non-hydrogen) atoms. The Morgan fingerprint density at radius 1 is 1.24 bits per heavy atom. The fraction of sp³-hybridized carbons (Fsp3) is 0.250. The molecule has 2 aromatic rings. The third kappa shape index (κ3) is 2.04. The molecule has 5 heteroatoms. The Kier molecular flexibility index (Phi) is 2.67. The van der Waals surface area contributed by atoms with Crippen molar-refractivity contribution in [3.8, 4) is 5.88 Å². The lowest BCUT2D eigenvalue weighted by Gasteiger charge is -2.08. The Hall–Kier alpha value is -2.17. The summed E-state index contributed by atoms with van der Waals surface area (Å²) in [6.45, 7) is 5.12. The molecule has 0 aliphatic rings. The topological polar surface area (TPSA) is 75.1 Å². The highest BCUT2D eigenvalue weighted by Gasteiger charge is 2.09. The quantitative estimate of drug-likeness (QED) is 0.786. The number of aromatic hydroxyl groups is 1. The first-order chi connectivity index (χ1) is 7.99. The Morgan fingerprint density at radius 3 is 2.59 bits per heavy atom. The number of hydrogen-bond donors (Lipinski definition) is 2. The first-order valence-electron chi connectivity index (χ1n) is 5.23. The lowest BCUT2D eigenvalue weighted by atomic mass is 10.1. The Bertz CT molecular complexity index is 608. The maximum absolute atomic E-state index is 10.9. The van der Waals surface area contributed by atoms with Crippen LogP contribution in [0, 0.1) is 13.8 Å². The van der Waals surface area contributed by atoms with Gasteiger partial charge in [0.15, 0.2) is 5.65 Å². The van der Waals surface area contributed by atoms with Gasteiger partial charge in [-0.25, -0.2) is 4.98 Å². The molecule has 1 amide bonds. The zero-order chi connectivity index (χ0) is 12.6.